The smallest absolute Gasteiger partial charge is 0.390 e. The van der Waals surface area contributed by atoms with Crippen LogP contribution in [0.5, 0.6) is 0 Å². The lowest BCUT2D eigenvalue weighted by atomic mass is 9.76. The topological polar surface area (TPSA) is 69.6 Å². The lowest BCUT2D eigenvalue weighted by Gasteiger charge is -2.38. The van der Waals surface area contributed by atoms with E-state index in [9.17, 15) is 27.9 Å². The summed E-state index contributed by atoms with van der Waals surface area (Å²) in [5.74, 6) is -0.984. The zero-order valence-electron chi connectivity index (χ0n) is 12.2. The van der Waals surface area contributed by atoms with Gasteiger partial charge in [-0.3, -0.25) is 0 Å². The van der Waals surface area contributed by atoms with Crippen molar-refractivity contribution in [3.8, 4) is 0 Å². The van der Waals surface area contributed by atoms with E-state index >= 15 is 0 Å². The van der Waals surface area contributed by atoms with Gasteiger partial charge < -0.3 is 15.3 Å². The molecule has 0 aromatic rings. The van der Waals surface area contributed by atoms with Crippen LogP contribution in [0.3, 0.4) is 0 Å². The van der Waals surface area contributed by atoms with Gasteiger partial charge in [0, 0.05) is 13.6 Å². The highest BCUT2D eigenvalue weighted by Crippen LogP contribution is 2.32. The molecule has 0 bridgehead atoms. The van der Waals surface area contributed by atoms with Crippen molar-refractivity contribution in [2.24, 2.45) is 5.92 Å². The van der Waals surface area contributed by atoms with Crippen LogP contribution in [0, 0.1) is 5.92 Å². The molecule has 1 aliphatic rings. The van der Waals surface area contributed by atoms with Crippen molar-refractivity contribution in [2.45, 2.75) is 50.7 Å². The Labute approximate surface area is 121 Å². The van der Waals surface area contributed by atoms with E-state index < -0.39 is 36.7 Å². The van der Waals surface area contributed by atoms with Crippen LogP contribution in [-0.2, 0) is 4.79 Å². The minimum Gasteiger partial charge on any atom is -0.480 e. The monoisotopic (exact) mass is 310 g/mol. The number of carboxylic acids is 1. The number of nitrogens with zero attached hydrogens (tertiary/aromatic N) is 1. The van der Waals surface area contributed by atoms with Crippen LogP contribution in [0.2, 0.25) is 0 Å². The molecule has 2 amide bonds. The molecule has 0 aliphatic heterocycles. The summed E-state index contributed by atoms with van der Waals surface area (Å²) in [5.41, 5.74) is -1.37. The molecule has 0 saturated heterocycles. The van der Waals surface area contributed by atoms with E-state index in [4.69, 9.17) is 0 Å². The standard InChI is InChI=1S/C13H21F3N2O3/c1-9-4-3-5-12(8-9,10(19)20)17-11(21)18(2)7-6-13(14,15)16/h9H,3-8H2,1-2H3,(H,17,21)(H,19,20). The predicted molar refractivity (Wildman–Crippen MR) is 69.8 cm³/mol. The zero-order valence-corrected chi connectivity index (χ0v) is 12.2. The molecule has 0 radical (unpaired) electrons. The quantitative estimate of drug-likeness (QED) is 0.838. The Kier molecular flexibility index (Phi) is 5.47. The molecule has 0 spiro atoms. The van der Waals surface area contributed by atoms with Gasteiger partial charge in [-0.15, -0.1) is 0 Å². The Morgan fingerprint density at radius 1 is 1.43 bits per heavy atom. The lowest BCUT2D eigenvalue weighted by molar-refractivity contribution is -0.147. The van der Waals surface area contributed by atoms with Gasteiger partial charge in [-0.25, -0.2) is 9.59 Å². The molecule has 2 N–H and O–H groups in total. The third-order valence-corrected chi connectivity index (χ3v) is 3.83. The predicted octanol–water partition coefficient (Wildman–Crippen LogP) is 2.61. The van der Waals surface area contributed by atoms with Gasteiger partial charge in [-0.2, -0.15) is 13.2 Å². The second-order valence-corrected chi connectivity index (χ2v) is 5.81. The summed E-state index contributed by atoms with van der Waals surface area (Å²) in [5, 5.41) is 11.8. The maximum Gasteiger partial charge on any atom is 0.390 e. The number of carbonyl (C=O) groups is 2. The van der Waals surface area contributed by atoms with Gasteiger partial charge >= 0.3 is 18.2 Å². The van der Waals surface area contributed by atoms with Crippen LogP contribution < -0.4 is 5.32 Å². The van der Waals surface area contributed by atoms with Crippen molar-refractivity contribution in [2.75, 3.05) is 13.6 Å². The third kappa shape index (κ3) is 5.09. The minimum absolute atomic E-state index is 0.149. The molecule has 1 saturated carbocycles. The average molecular weight is 310 g/mol. The van der Waals surface area contributed by atoms with Crippen molar-refractivity contribution in [1.29, 1.82) is 0 Å². The minimum atomic E-state index is -4.35. The van der Waals surface area contributed by atoms with Crippen LogP contribution in [0.4, 0.5) is 18.0 Å². The van der Waals surface area contributed by atoms with E-state index in [2.05, 4.69) is 5.32 Å². The van der Waals surface area contributed by atoms with Gasteiger partial charge in [0.05, 0.1) is 6.42 Å². The normalized spacial score (nSPS) is 26.2. The summed E-state index contributed by atoms with van der Waals surface area (Å²) in [4.78, 5) is 24.3. The number of amides is 2. The van der Waals surface area contributed by atoms with E-state index in [-0.39, 0.29) is 5.92 Å². The number of rotatable bonds is 4. The van der Waals surface area contributed by atoms with E-state index in [0.717, 1.165) is 11.3 Å². The third-order valence-electron chi connectivity index (χ3n) is 3.83. The molecule has 1 rings (SSSR count). The highest BCUT2D eigenvalue weighted by atomic mass is 19.4. The number of alkyl halides is 3. The van der Waals surface area contributed by atoms with Gasteiger partial charge in [-0.05, 0) is 18.8 Å². The first-order valence-electron chi connectivity index (χ1n) is 6.89. The van der Waals surface area contributed by atoms with E-state index in [1.54, 1.807) is 0 Å². The Balaban J connectivity index is 2.67. The molecule has 21 heavy (non-hydrogen) atoms. The van der Waals surface area contributed by atoms with Crippen molar-refractivity contribution in [3.05, 3.63) is 0 Å². The van der Waals surface area contributed by atoms with Gasteiger partial charge in [0.2, 0.25) is 0 Å². The summed E-state index contributed by atoms with van der Waals surface area (Å²) in [7, 11) is 1.23. The van der Waals surface area contributed by atoms with E-state index in [1.165, 1.54) is 7.05 Å². The largest absolute Gasteiger partial charge is 0.480 e. The second kappa shape index (κ2) is 6.53. The van der Waals surface area contributed by atoms with Crippen LogP contribution in [-0.4, -0.2) is 47.3 Å². The van der Waals surface area contributed by atoms with Gasteiger partial charge in [0.1, 0.15) is 5.54 Å². The molecule has 2 unspecified atom stereocenters. The van der Waals surface area contributed by atoms with Crippen molar-refractivity contribution < 1.29 is 27.9 Å². The molecular weight excluding hydrogens is 289 g/mol. The molecule has 1 aliphatic carbocycles. The molecule has 0 aromatic carbocycles. The highest BCUT2D eigenvalue weighted by molar-refractivity contribution is 5.86. The summed E-state index contributed by atoms with van der Waals surface area (Å²) in [6.07, 6.45) is -3.33. The fourth-order valence-corrected chi connectivity index (χ4v) is 2.61. The Hall–Kier alpha value is -1.47. The van der Waals surface area contributed by atoms with Crippen LogP contribution in [0.1, 0.15) is 39.0 Å². The number of hydrogen-bond acceptors (Lipinski definition) is 2. The fraction of sp³-hybridized carbons (Fsp3) is 0.846. The number of halogens is 3. The average Bonchev–Trinajstić information content (AvgIpc) is 2.34. The second-order valence-electron chi connectivity index (χ2n) is 5.81. The molecular formula is C13H21F3N2O3. The van der Waals surface area contributed by atoms with Crippen LogP contribution in [0.15, 0.2) is 0 Å². The summed E-state index contributed by atoms with van der Waals surface area (Å²) in [6.45, 7) is 1.40. The fourth-order valence-electron chi connectivity index (χ4n) is 2.61. The number of hydrogen-bond donors (Lipinski definition) is 2. The van der Waals surface area contributed by atoms with Gasteiger partial charge in [0.15, 0.2) is 0 Å². The number of urea groups is 1. The Morgan fingerprint density at radius 3 is 2.52 bits per heavy atom. The first-order chi connectivity index (χ1) is 9.56. The van der Waals surface area contributed by atoms with E-state index in [0.29, 0.717) is 19.3 Å². The maximum atomic E-state index is 12.1. The van der Waals surface area contributed by atoms with Gasteiger partial charge in [0.25, 0.3) is 0 Å². The Bertz CT molecular complexity index is 401. The maximum absolute atomic E-state index is 12.1. The van der Waals surface area contributed by atoms with Gasteiger partial charge in [-0.1, -0.05) is 19.8 Å². The summed E-state index contributed by atoms with van der Waals surface area (Å²) in [6, 6.07) is -0.782. The number of aliphatic carboxylic acids is 1. The number of carbonyl (C=O) groups excluding carboxylic acids is 1. The first-order valence-corrected chi connectivity index (χ1v) is 6.89. The molecule has 122 valence electrons. The SMILES string of the molecule is CC1CCCC(NC(=O)N(C)CCC(F)(F)F)(C(=O)O)C1. The molecule has 0 aromatic heterocycles. The first kappa shape index (κ1) is 17.6. The molecule has 2 atom stereocenters. The van der Waals surface area contributed by atoms with E-state index in [1.807, 2.05) is 6.92 Å². The lowest BCUT2D eigenvalue weighted by Crippen LogP contribution is -2.59. The van der Waals surface area contributed by atoms with Crippen molar-refractivity contribution >= 4 is 12.0 Å². The summed E-state index contributed by atoms with van der Waals surface area (Å²) < 4.78 is 36.4. The molecule has 0 heterocycles. The Morgan fingerprint density at radius 2 is 2.05 bits per heavy atom. The molecule has 1 fully saturated rings. The zero-order chi connectivity index (χ0) is 16.3. The highest BCUT2D eigenvalue weighted by Gasteiger charge is 2.43. The summed E-state index contributed by atoms with van der Waals surface area (Å²) >= 11 is 0. The van der Waals surface area contributed by atoms with Crippen molar-refractivity contribution in [3.63, 3.8) is 0 Å². The molecule has 5 nitrogen and oxygen atoms in total. The van der Waals surface area contributed by atoms with Crippen LogP contribution in [0.25, 0.3) is 0 Å². The number of nitrogens with one attached hydrogen (secondary N) is 1. The molecule has 8 heteroatoms. The van der Waals surface area contributed by atoms with Crippen LogP contribution >= 0.6 is 0 Å². The number of carboxylic acid groups (broad SMARTS) is 1. The van der Waals surface area contributed by atoms with Crippen molar-refractivity contribution in [1.82, 2.24) is 10.2 Å².